The van der Waals surface area contributed by atoms with E-state index in [4.69, 9.17) is 4.74 Å². The summed E-state index contributed by atoms with van der Waals surface area (Å²) in [5, 5.41) is 0. The van der Waals surface area contributed by atoms with Gasteiger partial charge in [0.15, 0.2) is 0 Å². The predicted octanol–water partition coefficient (Wildman–Crippen LogP) is 1.87. The van der Waals surface area contributed by atoms with Gasteiger partial charge in [-0.3, -0.25) is 9.69 Å². The highest BCUT2D eigenvalue weighted by molar-refractivity contribution is 5.79. The van der Waals surface area contributed by atoms with Gasteiger partial charge in [0.1, 0.15) is 5.60 Å². The summed E-state index contributed by atoms with van der Waals surface area (Å²) < 4.78 is 5.63. The lowest BCUT2D eigenvalue weighted by molar-refractivity contribution is -0.141. The predicted molar refractivity (Wildman–Crippen MR) is 107 cm³/mol. The average Bonchev–Trinajstić information content (AvgIpc) is 2.60. The fraction of sp³-hybridized carbons (Fsp3) is 0.900. The van der Waals surface area contributed by atoms with Crippen LogP contribution in [0, 0.1) is 0 Å². The molecule has 0 saturated carbocycles. The molecule has 7 nitrogen and oxygen atoms in total. The van der Waals surface area contributed by atoms with E-state index in [2.05, 4.69) is 30.6 Å². The highest BCUT2D eigenvalue weighted by Gasteiger charge is 2.41. The van der Waals surface area contributed by atoms with E-state index >= 15 is 0 Å². The number of hydrogen-bond donors (Lipinski definition) is 0. The Labute approximate surface area is 164 Å². The van der Waals surface area contributed by atoms with Gasteiger partial charge in [0.2, 0.25) is 5.91 Å². The van der Waals surface area contributed by atoms with Gasteiger partial charge in [0, 0.05) is 44.8 Å². The zero-order valence-corrected chi connectivity index (χ0v) is 18.0. The van der Waals surface area contributed by atoms with Crippen LogP contribution in [0.3, 0.4) is 0 Å². The first-order chi connectivity index (χ1) is 12.7. The molecular weight excluding hydrogens is 344 g/mol. The molecule has 156 valence electrons. The van der Waals surface area contributed by atoms with Crippen LogP contribution in [0.2, 0.25) is 0 Å². The van der Waals surface area contributed by atoms with Crippen molar-refractivity contribution in [2.24, 2.45) is 0 Å². The van der Waals surface area contributed by atoms with Crippen LogP contribution in [-0.2, 0) is 9.53 Å². The van der Waals surface area contributed by atoms with Gasteiger partial charge in [-0.15, -0.1) is 0 Å². The summed E-state index contributed by atoms with van der Waals surface area (Å²) in [4.78, 5) is 33.7. The Morgan fingerprint density at radius 1 is 1.15 bits per heavy atom. The summed E-state index contributed by atoms with van der Waals surface area (Å²) in [6.45, 7) is 18.3. The summed E-state index contributed by atoms with van der Waals surface area (Å²) in [6.07, 6.45) is 0.628. The highest BCUT2D eigenvalue weighted by atomic mass is 16.6. The molecule has 0 N–H and O–H groups in total. The van der Waals surface area contributed by atoms with Gasteiger partial charge in [-0.2, -0.15) is 0 Å². The molecule has 0 bridgehead atoms. The van der Waals surface area contributed by atoms with Gasteiger partial charge < -0.3 is 19.4 Å². The van der Waals surface area contributed by atoms with Gasteiger partial charge in [0.05, 0.1) is 6.54 Å². The van der Waals surface area contributed by atoms with Crippen molar-refractivity contribution < 1.29 is 14.3 Å². The third-order valence-electron chi connectivity index (χ3n) is 5.61. The minimum atomic E-state index is -0.495. The fourth-order valence-electron chi connectivity index (χ4n) is 3.92. The zero-order chi connectivity index (χ0) is 20.2. The molecule has 2 saturated heterocycles. The number of likely N-dealkylation sites (N-methyl/N-ethyl adjacent to an activating group) is 1. The van der Waals surface area contributed by atoms with Crippen LogP contribution < -0.4 is 0 Å². The Kier molecular flexibility index (Phi) is 7.51. The second-order valence-electron chi connectivity index (χ2n) is 8.64. The van der Waals surface area contributed by atoms with Crippen molar-refractivity contribution in [3.63, 3.8) is 0 Å². The van der Waals surface area contributed by atoms with E-state index in [9.17, 15) is 9.59 Å². The molecule has 2 aliphatic heterocycles. The summed E-state index contributed by atoms with van der Waals surface area (Å²) >= 11 is 0. The van der Waals surface area contributed by atoms with E-state index in [0.717, 1.165) is 39.1 Å². The zero-order valence-electron chi connectivity index (χ0n) is 18.0. The Morgan fingerprint density at radius 3 is 2.37 bits per heavy atom. The van der Waals surface area contributed by atoms with E-state index in [1.807, 2.05) is 30.6 Å². The van der Waals surface area contributed by atoms with Crippen molar-refractivity contribution >= 4 is 12.0 Å². The number of fused-ring (bicyclic) bond motifs is 1. The van der Waals surface area contributed by atoms with Crippen molar-refractivity contribution in [2.75, 3.05) is 52.4 Å². The maximum Gasteiger partial charge on any atom is 0.410 e. The Bertz CT molecular complexity index is 516. The smallest absolute Gasteiger partial charge is 0.410 e. The molecule has 2 aliphatic rings. The lowest BCUT2D eigenvalue weighted by Crippen LogP contribution is -2.67. The number of amides is 2. The van der Waals surface area contributed by atoms with Crippen LogP contribution >= 0.6 is 0 Å². The quantitative estimate of drug-likeness (QED) is 0.702. The van der Waals surface area contributed by atoms with E-state index in [1.54, 1.807) is 0 Å². The standard InChI is InChI=1S/C20H38N4O3/c1-7-16-12-23-15-18(25)22(11-10-21(8-2)9-3)13-17(23)14-24(16)19(26)27-20(4,5)6/h16-17H,7-15H2,1-6H3/t16-,17-/m0/s1. The van der Waals surface area contributed by atoms with Crippen molar-refractivity contribution in [3.05, 3.63) is 0 Å². The van der Waals surface area contributed by atoms with Crippen molar-refractivity contribution in [1.29, 1.82) is 0 Å². The maximum atomic E-state index is 12.7. The molecule has 27 heavy (non-hydrogen) atoms. The summed E-state index contributed by atoms with van der Waals surface area (Å²) in [7, 11) is 0. The number of hydrogen-bond acceptors (Lipinski definition) is 5. The fourth-order valence-corrected chi connectivity index (χ4v) is 3.92. The third kappa shape index (κ3) is 5.82. The summed E-state index contributed by atoms with van der Waals surface area (Å²) in [5.74, 6) is 0.207. The Balaban J connectivity index is 2.02. The monoisotopic (exact) mass is 382 g/mol. The van der Waals surface area contributed by atoms with E-state index in [0.29, 0.717) is 19.6 Å². The van der Waals surface area contributed by atoms with Crippen molar-refractivity contribution in [1.82, 2.24) is 19.6 Å². The SMILES string of the molecule is CC[C@H]1CN2CC(=O)N(CCN(CC)CC)C[C@H]2CN1C(=O)OC(C)(C)C. The van der Waals surface area contributed by atoms with Gasteiger partial charge >= 0.3 is 6.09 Å². The topological polar surface area (TPSA) is 56.3 Å². The van der Waals surface area contributed by atoms with E-state index in [-0.39, 0.29) is 24.1 Å². The number of carbonyl (C=O) groups excluding carboxylic acids is 2. The molecule has 0 radical (unpaired) electrons. The lowest BCUT2D eigenvalue weighted by Gasteiger charge is -2.50. The Morgan fingerprint density at radius 2 is 1.81 bits per heavy atom. The number of piperazine rings is 2. The molecule has 2 rings (SSSR count). The molecule has 0 aromatic heterocycles. The maximum absolute atomic E-state index is 12.7. The van der Waals surface area contributed by atoms with E-state index in [1.165, 1.54) is 0 Å². The van der Waals surface area contributed by atoms with Gasteiger partial charge in [-0.1, -0.05) is 20.8 Å². The number of nitrogens with zero attached hydrogens (tertiary/aromatic N) is 4. The molecule has 2 atom stereocenters. The first kappa shape index (κ1) is 22.0. The highest BCUT2D eigenvalue weighted by Crippen LogP contribution is 2.24. The number of ether oxygens (including phenoxy) is 1. The molecule has 0 unspecified atom stereocenters. The van der Waals surface area contributed by atoms with Gasteiger partial charge in [-0.05, 0) is 40.3 Å². The Hall–Kier alpha value is -1.34. The van der Waals surface area contributed by atoms with Crippen LogP contribution in [0.15, 0.2) is 0 Å². The van der Waals surface area contributed by atoms with Crippen LogP contribution in [0.4, 0.5) is 4.79 Å². The molecule has 7 heteroatoms. The van der Waals surface area contributed by atoms with Crippen LogP contribution in [0.25, 0.3) is 0 Å². The third-order valence-corrected chi connectivity index (χ3v) is 5.61. The summed E-state index contributed by atoms with van der Waals surface area (Å²) in [5.41, 5.74) is -0.495. The summed E-state index contributed by atoms with van der Waals surface area (Å²) in [6, 6.07) is 0.292. The minimum Gasteiger partial charge on any atom is -0.444 e. The second kappa shape index (κ2) is 9.24. The molecule has 0 aromatic rings. The van der Waals surface area contributed by atoms with Crippen LogP contribution in [-0.4, -0.2) is 102 Å². The van der Waals surface area contributed by atoms with Gasteiger partial charge in [-0.25, -0.2) is 4.79 Å². The largest absolute Gasteiger partial charge is 0.444 e. The van der Waals surface area contributed by atoms with Crippen molar-refractivity contribution in [3.8, 4) is 0 Å². The molecule has 2 heterocycles. The first-order valence-electron chi connectivity index (χ1n) is 10.4. The van der Waals surface area contributed by atoms with E-state index < -0.39 is 5.60 Å². The second-order valence-corrected chi connectivity index (χ2v) is 8.64. The minimum absolute atomic E-state index is 0.103. The molecule has 0 spiro atoms. The average molecular weight is 383 g/mol. The van der Waals surface area contributed by atoms with Gasteiger partial charge in [0.25, 0.3) is 0 Å². The number of carbonyl (C=O) groups is 2. The molecule has 2 fully saturated rings. The number of rotatable bonds is 6. The van der Waals surface area contributed by atoms with Crippen molar-refractivity contribution in [2.45, 2.75) is 65.6 Å². The lowest BCUT2D eigenvalue weighted by atomic mass is 10.0. The molecule has 0 aliphatic carbocycles. The molecular formula is C20H38N4O3. The molecule has 0 aromatic carbocycles. The molecule has 2 amide bonds. The van der Waals surface area contributed by atoms with Crippen LogP contribution in [0.1, 0.15) is 48.0 Å². The van der Waals surface area contributed by atoms with Crippen LogP contribution in [0.5, 0.6) is 0 Å². The first-order valence-corrected chi connectivity index (χ1v) is 10.4. The normalized spacial score (nSPS) is 24.3.